The molecular weight excluding hydrogens is 344 g/mol. The van der Waals surface area contributed by atoms with Crippen LogP contribution in [0.25, 0.3) is 0 Å². The second-order valence-corrected chi connectivity index (χ2v) is 11.3. The van der Waals surface area contributed by atoms with Crippen LogP contribution in [0.15, 0.2) is 23.8 Å². The van der Waals surface area contributed by atoms with Gasteiger partial charge in [-0.3, -0.25) is 4.79 Å². The van der Waals surface area contributed by atoms with Gasteiger partial charge in [-0.1, -0.05) is 52.3 Å². The van der Waals surface area contributed by atoms with Gasteiger partial charge in [-0.15, -0.1) is 0 Å². The summed E-state index contributed by atoms with van der Waals surface area (Å²) >= 11 is 0. The van der Waals surface area contributed by atoms with E-state index in [9.17, 15) is 9.90 Å². The van der Waals surface area contributed by atoms with E-state index in [4.69, 9.17) is 0 Å². The highest BCUT2D eigenvalue weighted by Gasteiger charge is 2.61. The maximum absolute atomic E-state index is 13.3. The lowest BCUT2D eigenvalue weighted by atomic mass is 9.46. The van der Waals surface area contributed by atoms with Crippen LogP contribution in [0.2, 0.25) is 0 Å². The van der Waals surface area contributed by atoms with E-state index in [1.807, 2.05) is 6.08 Å². The first-order valence-electron chi connectivity index (χ1n) is 11.8. The van der Waals surface area contributed by atoms with Crippen LogP contribution in [0.3, 0.4) is 0 Å². The molecule has 0 aromatic carbocycles. The summed E-state index contributed by atoms with van der Waals surface area (Å²) in [5.41, 5.74) is 1.69. The number of ketones is 1. The van der Waals surface area contributed by atoms with E-state index >= 15 is 0 Å². The van der Waals surface area contributed by atoms with Crippen LogP contribution in [-0.2, 0) is 4.79 Å². The van der Waals surface area contributed by atoms with Gasteiger partial charge in [-0.25, -0.2) is 0 Å². The summed E-state index contributed by atoms with van der Waals surface area (Å²) in [6, 6.07) is 0. The highest BCUT2D eigenvalue weighted by Crippen LogP contribution is 2.66. The molecule has 2 nitrogen and oxygen atoms in total. The fraction of sp³-hybridized carbons (Fsp3) is 0.808. The zero-order chi connectivity index (χ0) is 20.3. The van der Waals surface area contributed by atoms with E-state index in [2.05, 4.69) is 46.8 Å². The Labute approximate surface area is 171 Å². The minimum atomic E-state index is -0.248. The summed E-state index contributed by atoms with van der Waals surface area (Å²) in [7, 11) is 0. The minimum absolute atomic E-state index is 0.139. The van der Waals surface area contributed by atoms with E-state index in [1.165, 1.54) is 31.3 Å². The van der Waals surface area contributed by atoms with Gasteiger partial charge in [-0.2, -0.15) is 0 Å². The first-order chi connectivity index (χ1) is 13.2. The summed E-state index contributed by atoms with van der Waals surface area (Å²) in [5, 5.41) is 10.2. The molecule has 0 heterocycles. The first-order valence-corrected chi connectivity index (χ1v) is 11.8. The molecule has 0 aromatic heterocycles. The Bertz CT molecular complexity index is 689. The molecule has 0 saturated heterocycles. The quantitative estimate of drug-likeness (QED) is 0.610. The SMILES string of the molecule is CC(C)C=CC(C)C1CCC2C3C(=O)C=C4CC(O)CCC4(C)C3CCC12C. The number of fused-ring (bicyclic) bond motifs is 5. The summed E-state index contributed by atoms with van der Waals surface area (Å²) in [4.78, 5) is 13.3. The second kappa shape index (κ2) is 7.11. The normalized spacial score (nSPS) is 46.9. The number of hydrogen-bond donors (Lipinski definition) is 1. The van der Waals surface area contributed by atoms with Gasteiger partial charge in [0.05, 0.1) is 6.10 Å². The molecule has 0 spiro atoms. The van der Waals surface area contributed by atoms with Crippen LogP contribution in [0.1, 0.15) is 79.6 Å². The third-order valence-corrected chi connectivity index (χ3v) is 9.43. The molecule has 4 rings (SSSR count). The lowest BCUT2D eigenvalue weighted by Gasteiger charge is -2.57. The van der Waals surface area contributed by atoms with Crippen molar-refractivity contribution < 1.29 is 9.90 Å². The van der Waals surface area contributed by atoms with Crippen molar-refractivity contribution in [3.05, 3.63) is 23.8 Å². The molecule has 28 heavy (non-hydrogen) atoms. The van der Waals surface area contributed by atoms with Crippen LogP contribution in [0.5, 0.6) is 0 Å². The number of allylic oxidation sites excluding steroid dienone is 3. The molecule has 0 aliphatic heterocycles. The predicted octanol–water partition coefficient (Wildman–Crippen LogP) is 5.95. The van der Waals surface area contributed by atoms with E-state index in [0.29, 0.717) is 47.2 Å². The number of aliphatic hydroxyl groups excluding tert-OH is 1. The Morgan fingerprint density at radius 1 is 1.04 bits per heavy atom. The van der Waals surface area contributed by atoms with Crippen molar-refractivity contribution in [3.8, 4) is 0 Å². The van der Waals surface area contributed by atoms with Crippen molar-refractivity contribution in [3.63, 3.8) is 0 Å². The van der Waals surface area contributed by atoms with E-state index < -0.39 is 0 Å². The fourth-order valence-corrected chi connectivity index (χ4v) is 7.82. The first kappa shape index (κ1) is 20.4. The van der Waals surface area contributed by atoms with Crippen molar-refractivity contribution in [1.29, 1.82) is 0 Å². The number of carbonyl (C=O) groups excluding carboxylic acids is 1. The van der Waals surface area contributed by atoms with E-state index in [-0.39, 0.29) is 17.4 Å². The molecule has 1 N–H and O–H groups in total. The van der Waals surface area contributed by atoms with Gasteiger partial charge in [-0.05, 0) is 91.4 Å². The van der Waals surface area contributed by atoms with Gasteiger partial charge in [0, 0.05) is 5.92 Å². The maximum Gasteiger partial charge on any atom is 0.159 e. The molecule has 3 fully saturated rings. The third kappa shape index (κ3) is 3.06. The Balaban J connectivity index is 1.63. The van der Waals surface area contributed by atoms with Crippen LogP contribution in [-0.4, -0.2) is 17.0 Å². The topological polar surface area (TPSA) is 37.3 Å². The van der Waals surface area contributed by atoms with E-state index in [0.717, 1.165) is 12.8 Å². The van der Waals surface area contributed by atoms with Gasteiger partial charge < -0.3 is 5.11 Å². The Hall–Kier alpha value is -0.890. The Kier molecular flexibility index (Phi) is 5.18. The van der Waals surface area contributed by atoms with Gasteiger partial charge >= 0.3 is 0 Å². The van der Waals surface area contributed by atoms with Crippen LogP contribution >= 0.6 is 0 Å². The lowest BCUT2D eigenvalue weighted by Crippen LogP contribution is -2.53. The molecule has 156 valence electrons. The summed E-state index contributed by atoms with van der Waals surface area (Å²) in [5.74, 6) is 3.54. The van der Waals surface area contributed by atoms with Crippen LogP contribution < -0.4 is 0 Å². The van der Waals surface area contributed by atoms with Crippen molar-refractivity contribution >= 4 is 5.78 Å². The smallest absolute Gasteiger partial charge is 0.159 e. The maximum atomic E-state index is 13.3. The molecule has 0 aromatic rings. The molecule has 8 atom stereocenters. The average molecular weight is 385 g/mol. The van der Waals surface area contributed by atoms with Gasteiger partial charge in [0.15, 0.2) is 5.78 Å². The number of aliphatic hydroxyl groups is 1. The number of hydrogen-bond acceptors (Lipinski definition) is 2. The third-order valence-electron chi connectivity index (χ3n) is 9.43. The molecular formula is C26H40O2. The summed E-state index contributed by atoms with van der Waals surface area (Å²) in [6.45, 7) is 11.8. The zero-order valence-electron chi connectivity index (χ0n) is 18.6. The number of carbonyl (C=O) groups is 1. The Morgan fingerprint density at radius 3 is 2.50 bits per heavy atom. The zero-order valence-corrected chi connectivity index (χ0v) is 18.6. The minimum Gasteiger partial charge on any atom is -0.393 e. The molecule has 4 aliphatic carbocycles. The predicted molar refractivity (Wildman–Crippen MR) is 115 cm³/mol. The molecule has 0 amide bonds. The molecule has 0 bridgehead atoms. The monoisotopic (exact) mass is 384 g/mol. The van der Waals surface area contributed by atoms with Crippen LogP contribution in [0, 0.1) is 46.3 Å². The standard InChI is InChI=1S/C26H40O2/c1-16(2)6-7-17(3)20-8-9-21-24-22(11-13-26(20,21)5)25(4)12-10-19(27)14-18(25)15-23(24)28/h6-7,15-17,19-22,24,27H,8-14H2,1-5H3. The average Bonchev–Trinajstić information content (AvgIpc) is 2.98. The number of rotatable bonds is 3. The highest BCUT2D eigenvalue weighted by molar-refractivity contribution is 5.94. The van der Waals surface area contributed by atoms with Crippen molar-refractivity contribution in [2.45, 2.75) is 85.7 Å². The molecule has 8 unspecified atom stereocenters. The fourth-order valence-electron chi connectivity index (χ4n) is 7.82. The van der Waals surface area contributed by atoms with E-state index in [1.54, 1.807) is 0 Å². The van der Waals surface area contributed by atoms with Crippen molar-refractivity contribution in [1.82, 2.24) is 0 Å². The highest BCUT2D eigenvalue weighted by atomic mass is 16.3. The van der Waals surface area contributed by atoms with Gasteiger partial charge in [0.25, 0.3) is 0 Å². The largest absolute Gasteiger partial charge is 0.393 e. The van der Waals surface area contributed by atoms with Crippen LogP contribution in [0.4, 0.5) is 0 Å². The molecule has 2 heteroatoms. The lowest BCUT2D eigenvalue weighted by molar-refractivity contribution is -0.134. The van der Waals surface area contributed by atoms with Gasteiger partial charge in [0.2, 0.25) is 0 Å². The Morgan fingerprint density at radius 2 is 1.79 bits per heavy atom. The summed E-state index contributed by atoms with van der Waals surface area (Å²) < 4.78 is 0. The van der Waals surface area contributed by atoms with Crippen molar-refractivity contribution in [2.24, 2.45) is 46.3 Å². The van der Waals surface area contributed by atoms with Gasteiger partial charge in [0.1, 0.15) is 0 Å². The molecule has 3 saturated carbocycles. The molecule has 0 radical (unpaired) electrons. The second-order valence-electron chi connectivity index (χ2n) is 11.3. The summed E-state index contributed by atoms with van der Waals surface area (Å²) in [6.07, 6.45) is 14.1. The molecule has 4 aliphatic rings. The van der Waals surface area contributed by atoms with Crippen molar-refractivity contribution in [2.75, 3.05) is 0 Å².